The van der Waals surface area contributed by atoms with Crippen LogP contribution < -0.4 is 5.32 Å². The number of benzene rings is 2. The topological polar surface area (TPSA) is 92.5 Å². The minimum atomic E-state index is -3.48. The van der Waals surface area contributed by atoms with Gasteiger partial charge >= 0.3 is 0 Å². The Hall–Kier alpha value is -2.71. The summed E-state index contributed by atoms with van der Waals surface area (Å²) >= 11 is 0. The highest BCUT2D eigenvalue weighted by atomic mass is 32.2. The van der Waals surface area contributed by atoms with E-state index < -0.39 is 10.0 Å². The highest BCUT2D eigenvalue weighted by molar-refractivity contribution is 7.89. The van der Waals surface area contributed by atoms with Gasteiger partial charge in [-0.05, 0) is 55.3 Å². The fraction of sp³-hybridized carbons (Fsp3) is 0.263. The number of fused-ring (bicyclic) bond motifs is 1. The van der Waals surface area contributed by atoms with Crippen LogP contribution in [0.1, 0.15) is 29.6 Å². The van der Waals surface area contributed by atoms with Crippen LogP contribution in [0.2, 0.25) is 0 Å². The fourth-order valence-corrected chi connectivity index (χ4v) is 4.68. The number of piperidine rings is 1. The highest BCUT2D eigenvalue weighted by Gasteiger charge is 2.25. The van der Waals surface area contributed by atoms with Gasteiger partial charge in [-0.2, -0.15) is 4.31 Å². The SMILES string of the molecule is O=C(Nc1ccc(S(=O)(=O)N2CCCCC2)cc1)c1ccc2ocnc2c1. The first-order valence-electron chi connectivity index (χ1n) is 8.79. The monoisotopic (exact) mass is 385 g/mol. The molecule has 0 atom stereocenters. The zero-order chi connectivity index (χ0) is 18.9. The summed E-state index contributed by atoms with van der Waals surface area (Å²) in [6.07, 6.45) is 4.18. The number of anilines is 1. The van der Waals surface area contributed by atoms with Crippen LogP contribution in [0.4, 0.5) is 5.69 Å². The molecule has 0 radical (unpaired) electrons. The Morgan fingerprint density at radius 3 is 2.52 bits per heavy atom. The third kappa shape index (κ3) is 3.58. The second-order valence-corrected chi connectivity index (χ2v) is 8.42. The number of sulfonamides is 1. The second-order valence-electron chi connectivity index (χ2n) is 6.48. The normalized spacial score (nSPS) is 15.7. The van der Waals surface area contributed by atoms with Gasteiger partial charge in [0.25, 0.3) is 5.91 Å². The fourth-order valence-electron chi connectivity index (χ4n) is 3.17. The molecule has 1 aromatic heterocycles. The van der Waals surface area contributed by atoms with E-state index in [4.69, 9.17) is 4.42 Å². The number of carbonyl (C=O) groups is 1. The summed E-state index contributed by atoms with van der Waals surface area (Å²) in [6.45, 7) is 1.12. The Balaban J connectivity index is 1.49. The van der Waals surface area contributed by atoms with E-state index in [1.165, 1.54) is 22.8 Å². The van der Waals surface area contributed by atoms with Gasteiger partial charge < -0.3 is 9.73 Å². The maximum atomic E-state index is 12.7. The molecule has 140 valence electrons. The van der Waals surface area contributed by atoms with E-state index in [-0.39, 0.29) is 10.8 Å². The molecule has 27 heavy (non-hydrogen) atoms. The van der Waals surface area contributed by atoms with Crippen molar-refractivity contribution in [2.45, 2.75) is 24.2 Å². The summed E-state index contributed by atoms with van der Waals surface area (Å²) in [4.78, 5) is 16.7. The Morgan fingerprint density at radius 1 is 1.04 bits per heavy atom. The predicted octanol–water partition coefficient (Wildman–Crippen LogP) is 3.25. The standard InChI is InChI=1S/C19H19N3O4S/c23-19(14-4-9-18-17(12-14)20-13-26-18)21-15-5-7-16(8-6-15)27(24,25)22-10-2-1-3-11-22/h4-9,12-13H,1-3,10-11H2,(H,21,23). The molecule has 0 aliphatic carbocycles. The van der Waals surface area contributed by atoms with E-state index in [0.29, 0.717) is 35.4 Å². The Bertz CT molecular complexity index is 1070. The molecule has 1 aliphatic heterocycles. The molecule has 0 unspecified atom stereocenters. The summed E-state index contributed by atoms with van der Waals surface area (Å²) in [5, 5.41) is 2.77. The third-order valence-corrected chi connectivity index (χ3v) is 6.57. The molecule has 4 rings (SSSR count). The van der Waals surface area contributed by atoms with E-state index in [1.807, 2.05) is 0 Å². The smallest absolute Gasteiger partial charge is 0.255 e. The lowest BCUT2D eigenvalue weighted by molar-refractivity contribution is 0.102. The number of oxazole rings is 1. The molecule has 8 heteroatoms. The minimum absolute atomic E-state index is 0.242. The minimum Gasteiger partial charge on any atom is -0.443 e. The van der Waals surface area contributed by atoms with E-state index in [9.17, 15) is 13.2 Å². The molecular formula is C19H19N3O4S. The van der Waals surface area contributed by atoms with E-state index >= 15 is 0 Å². The maximum Gasteiger partial charge on any atom is 0.255 e. The van der Waals surface area contributed by atoms with Gasteiger partial charge in [-0.15, -0.1) is 0 Å². The van der Waals surface area contributed by atoms with Crippen molar-refractivity contribution in [3.8, 4) is 0 Å². The van der Waals surface area contributed by atoms with Crippen LogP contribution in [0, 0.1) is 0 Å². The first kappa shape index (κ1) is 17.7. The van der Waals surface area contributed by atoms with Gasteiger partial charge in [-0.3, -0.25) is 4.79 Å². The van der Waals surface area contributed by atoms with Crippen LogP contribution in [-0.4, -0.2) is 36.7 Å². The lowest BCUT2D eigenvalue weighted by Gasteiger charge is -2.25. The molecule has 2 aromatic carbocycles. The summed E-state index contributed by atoms with van der Waals surface area (Å²) in [6, 6.07) is 11.2. The number of amides is 1. The average molecular weight is 385 g/mol. The zero-order valence-corrected chi connectivity index (χ0v) is 15.4. The second kappa shape index (κ2) is 7.13. The molecule has 1 aliphatic rings. The predicted molar refractivity (Wildman–Crippen MR) is 101 cm³/mol. The number of nitrogens with one attached hydrogen (secondary N) is 1. The van der Waals surface area contributed by atoms with Crippen molar-refractivity contribution in [3.63, 3.8) is 0 Å². The van der Waals surface area contributed by atoms with Crippen molar-refractivity contribution < 1.29 is 17.6 Å². The van der Waals surface area contributed by atoms with Crippen LogP contribution in [-0.2, 0) is 10.0 Å². The van der Waals surface area contributed by atoms with Crippen LogP contribution in [0.5, 0.6) is 0 Å². The van der Waals surface area contributed by atoms with Gasteiger partial charge in [0.15, 0.2) is 12.0 Å². The number of rotatable bonds is 4. The number of hydrogen-bond donors (Lipinski definition) is 1. The Kier molecular flexibility index (Phi) is 4.67. The lowest BCUT2D eigenvalue weighted by Crippen LogP contribution is -2.35. The van der Waals surface area contributed by atoms with Gasteiger partial charge in [0.2, 0.25) is 10.0 Å². The molecule has 7 nitrogen and oxygen atoms in total. The third-order valence-electron chi connectivity index (χ3n) is 4.66. The number of hydrogen-bond acceptors (Lipinski definition) is 5. The molecule has 2 heterocycles. The van der Waals surface area contributed by atoms with Crippen LogP contribution in [0.25, 0.3) is 11.1 Å². The molecule has 1 fully saturated rings. The van der Waals surface area contributed by atoms with Gasteiger partial charge in [0.1, 0.15) is 5.52 Å². The Morgan fingerprint density at radius 2 is 1.78 bits per heavy atom. The van der Waals surface area contributed by atoms with Gasteiger partial charge in [-0.1, -0.05) is 6.42 Å². The first-order chi connectivity index (χ1) is 13.0. The summed E-state index contributed by atoms with van der Waals surface area (Å²) < 4.78 is 32.0. The summed E-state index contributed by atoms with van der Waals surface area (Å²) in [7, 11) is -3.48. The summed E-state index contributed by atoms with van der Waals surface area (Å²) in [5.41, 5.74) is 2.18. The molecule has 0 bridgehead atoms. The van der Waals surface area contributed by atoms with Crippen molar-refractivity contribution in [2.75, 3.05) is 18.4 Å². The van der Waals surface area contributed by atoms with Gasteiger partial charge in [-0.25, -0.2) is 13.4 Å². The first-order valence-corrected chi connectivity index (χ1v) is 10.2. The van der Waals surface area contributed by atoms with E-state index in [0.717, 1.165) is 19.3 Å². The average Bonchev–Trinajstić information content (AvgIpc) is 3.17. The summed E-state index contributed by atoms with van der Waals surface area (Å²) in [5.74, 6) is -0.300. The largest absolute Gasteiger partial charge is 0.443 e. The van der Waals surface area contributed by atoms with Crippen molar-refractivity contribution in [2.24, 2.45) is 0 Å². The quantitative estimate of drug-likeness (QED) is 0.744. The number of nitrogens with zero attached hydrogens (tertiary/aromatic N) is 2. The molecule has 0 saturated carbocycles. The molecule has 1 N–H and O–H groups in total. The van der Waals surface area contributed by atoms with Crippen molar-refractivity contribution in [1.29, 1.82) is 0 Å². The van der Waals surface area contributed by atoms with Crippen molar-refractivity contribution in [3.05, 3.63) is 54.4 Å². The maximum absolute atomic E-state index is 12.7. The Labute approximate surface area is 157 Å². The highest BCUT2D eigenvalue weighted by Crippen LogP contribution is 2.22. The zero-order valence-electron chi connectivity index (χ0n) is 14.6. The van der Waals surface area contributed by atoms with Crippen molar-refractivity contribution in [1.82, 2.24) is 9.29 Å². The molecule has 1 saturated heterocycles. The van der Waals surface area contributed by atoms with Crippen LogP contribution in [0.3, 0.4) is 0 Å². The van der Waals surface area contributed by atoms with Crippen molar-refractivity contribution >= 4 is 32.7 Å². The molecule has 3 aromatic rings. The molecule has 0 spiro atoms. The van der Waals surface area contributed by atoms with E-state index in [2.05, 4.69) is 10.3 Å². The lowest BCUT2D eigenvalue weighted by atomic mass is 10.2. The van der Waals surface area contributed by atoms with Crippen LogP contribution in [0.15, 0.2) is 58.2 Å². The molecule has 1 amide bonds. The number of carbonyl (C=O) groups excluding carboxylic acids is 1. The van der Waals surface area contributed by atoms with Gasteiger partial charge in [0, 0.05) is 24.3 Å². The van der Waals surface area contributed by atoms with Crippen LogP contribution >= 0.6 is 0 Å². The number of aromatic nitrogens is 1. The molecular weight excluding hydrogens is 366 g/mol. The van der Waals surface area contributed by atoms with E-state index in [1.54, 1.807) is 30.3 Å². The van der Waals surface area contributed by atoms with Gasteiger partial charge in [0.05, 0.1) is 4.90 Å².